The zero-order valence-corrected chi connectivity index (χ0v) is 27.1. The summed E-state index contributed by atoms with van der Waals surface area (Å²) in [5, 5.41) is 8.59. The number of nitrogens with zero attached hydrogens (tertiary/aromatic N) is 3. The third-order valence-electron chi connectivity index (χ3n) is 7.97. The Labute approximate surface area is 269 Å². The van der Waals surface area contributed by atoms with E-state index in [0.717, 1.165) is 47.7 Å². The van der Waals surface area contributed by atoms with Gasteiger partial charge in [0.2, 0.25) is 11.1 Å². The van der Waals surface area contributed by atoms with E-state index >= 15 is 0 Å². The molecule has 1 N–H and O–H groups in total. The summed E-state index contributed by atoms with van der Waals surface area (Å²) >= 11 is 4.97. The second-order valence-electron chi connectivity index (χ2n) is 11.2. The predicted molar refractivity (Wildman–Crippen MR) is 173 cm³/mol. The van der Waals surface area contributed by atoms with E-state index in [2.05, 4.69) is 40.3 Å². The molecule has 1 unspecified atom stereocenters. The predicted octanol–water partition coefficient (Wildman–Crippen LogP) is 8.52. The van der Waals surface area contributed by atoms with Crippen LogP contribution in [0, 0.1) is 12.7 Å². The van der Waals surface area contributed by atoms with E-state index in [9.17, 15) is 9.18 Å². The molecule has 10 heteroatoms. The van der Waals surface area contributed by atoms with Crippen molar-refractivity contribution in [1.29, 1.82) is 0 Å². The largest absolute Gasteiger partial charge is 0.489 e. The van der Waals surface area contributed by atoms with Gasteiger partial charge in [-0.2, -0.15) is 4.98 Å². The average Bonchev–Trinajstić information content (AvgIpc) is 3.43. The quantitative estimate of drug-likeness (QED) is 0.141. The number of rotatable bonds is 9. The summed E-state index contributed by atoms with van der Waals surface area (Å²) in [5.74, 6) is 0.833. The Morgan fingerprint density at radius 3 is 2.61 bits per heavy atom. The molecule has 1 aliphatic carbocycles. The van der Waals surface area contributed by atoms with Crippen LogP contribution >= 0.6 is 27.7 Å². The van der Waals surface area contributed by atoms with Crippen molar-refractivity contribution in [2.24, 2.45) is 0 Å². The van der Waals surface area contributed by atoms with E-state index in [1.165, 1.54) is 23.4 Å². The second-order valence-corrected chi connectivity index (χ2v) is 13.1. The maximum Gasteiger partial charge on any atom is 0.338 e. The molecule has 3 aromatic carbocycles. The third-order valence-corrected chi connectivity index (χ3v) is 9.35. The molecule has 1 aliphatic heterocycles. The molecular formula is C34H34BrFN4O3S. The molecular weight excluding hydrogens is 643 g/mol. The molecule has 44 heavy (non-hydrogen) atoms. The number of fused-ring (bicyclic) bond motifs is 1. The number of ether oxygens (including phenoxy) is 2. The summed E-state index contributed by atoms with van der Waals surface area (Å²) in [7, 11) is 0. The van der Waals surface area contributed by atoms with E-state index in [0.29, 0.717) is 46.0 Å². The highest BCUT2D eigenvalue weighted by molar-refractivity contribution is 9.10. The van der Waals surface area contributed by atoms with Gasteiger partial charge in [0.25, 0.3) is 0 Å². The number of carbonyl (C=O) groups excluding carboxylic acids is 1. The standard InChI is InChI=1S/C34H34BrFN4O3S/c1-21-12-14-23(15-13-21)19-42-29-17-16-25(35)18-27(29)31-30(32(41)43-26-9-4-3-5-10-26)22(2)37-33-38-34(39-40(31)33)44-20-24-8-6-7-11-28(24)36/h6-8,11-18,26,31H,3-5,9-10,19-20H2,1-2H3,(H,37,38,39). The Hall–Kier alpha value is -3.63. The van der Waals surface area contributed by atoms with Gasteiger partial charge in [0, 0.05) is 21.5 Å². The van der Waals surface area contributed by atoms with E-state index in [1.807, 2.05) is 43.3 Å². The van der Waals surface area contributed by atoms with Crippen molar-refractivity contribution in [3.63, 3.8) is 0 Å². The molecule has 1 aromatic heterocycles. The van der Waals surface area contributed by atoms with Crippen LogP contribution in [-0.4, -0.2) is 26.8 Å². The third kappa shape index (κ3) is 6.86. The first-order valence-corrected chi connectivity index (χ1v) is 16.6. The number of carbonyl (C=O) groups is 1. The highest BCUT2D eigenvalue weighted by Gasteiger charge is 2.38. The minimum atomic E-state index is -0.664. The smallest absolute Gasteiger partial charge is 0.338 e. The van der Waals surface area contributed by atoms with Crippen LogP contribution in [0.5, 0.6) is 5.75 Å². The van der Waals surface area contributed by atoms with Crippen LogP contribution in [0.1, 0.15) is 67.3 Å². The van der Waals surface area contributed by atoms with Gasteiger partial charge < -0.3 is 14.8 Å². The molecule has 0 saturated heterocycles. The number of allylic oxidation sites excluding steroid dienone is 1. The summed E-state index contributed by atoms with van der Waals surface area (Å²) in [5.41, 5.74) is 4.63. The first-order valence-electron chi connectivity index (χ1n) is 14.8. The van der Waals surface area contributed by atoms with E-state index < -0.39 is 6.04 Å². The molecule has 1 fully saturated rings. The molecule has 6 rings (SSSR count). The monoisotopic (exact) mass is 676 g/mol. The molecule has 0 bridgehead atoms. The molecule has 2 heterocycles. The van der Waals surface area contributed by atoms with Crippen LogP contribution in [0.4, 0.5) is 10.3 Å². The zero-order chi connectivity index (χ0) is 30.6. The molecule has 1 atom stereocenters. The second kappa shape index (κ2) is 13.6. The highest BCUT2D eigenvalue weighted by atomic mass is 79.9. The van der Waals surface area contributed by atoms with Crippen molar-refractivity contribution in [3.8, 4) is 5.75 Å². The van der Waals surface area contributed by atoms with Gasteiger partial charge in [-0.1, -0.05) is 82.1 Å². The van der Waals surface area contributed by atoms with E-state index in [1.54, 1.807) is 16.8 Å². The zero-order valence-electron chi connectivity index (χ0n) is 24.7. The van der Waals surface area contributed by atoms with Crippen LogP contribution < -0.4 is 10.1 Å². The first kappa shape index (κ1) is 30.4. The first-order chi connectivity index (χ1) is 21.4. The van der Waals surface area contributed by atoms with Crippen LogP contribution in [0.3, 0.4) is 0 Å². The average molecular weight is 678 g/mol. The molecule has 0 radical (unpaired) electrons. The number of aromatic nitrogens is 3. The summed E-state index contributed by atoms with van der Waals surface area (Å²) in [4.78, 5) is 18.7. The lowest BCUT2D eigenvalue weighted by atomic mass is 9.94. The van der Waals surface area contributed by atoms with Gasteiger partial charge in [-0.3, -0.25) is 0 Å². The van der Waals surface area contributed by atoms with Gasteiger partial charge in [0.15, 0.2) is 0 Å². The number of aryl methyl sites for hydroxylation is 1. The van der Waals surface area contributed by atoms with E-state index in [-0.39, 0.29) is 17.9 Å². The lowest BCUT2D eigenvalue weighted by Gasteiger charge is -2.31. The summed E-state index contributed by atoms with van der Waals surface area (Å²) in [6, 6.07) is 20.0. The number of halogens is 2. The van der Waals surface area contributed by atoms with Crippen molar-refractivity contribution in [2.45, 2.75) is 75.6 Å². The van der Waals surface area contributed by atoms with Gasteiger partial charge in [-0.15, -0.1) is 5.10 Å². The van der Waals surface area contributed by atoms with Crippen molar-refractivity contribution in [3.05, 3.63) is 111 Å². The van der Waals surface area contributed by atoms with Crippen LogP contribution in [0.2, 0.25) is 0 Å². The number of nitrogens with one attached hydrogen (secondary N) is 1. The van der Waals surface area contributed by atoms with Gasteiger partial charge in [0.05, 0.1) is 5.57 Å². The number of esters is 1. The number of hydrogen-bond acceptors (Lipinski definition) is 7. The van der Waals surface area contributed by atoms with Crippen LogP contribution in [0.25, 0.3) is 0 Å². The van der Waals surface area contributed by atoms with Crippen molar-refractivity contribution in [2.75, 3.05) is 5.32 Å². The van der Waals surface area contributed by atoms with Crippen LogP contribution in [-0.2, 0) is 21.9 Å². The Kier molecular flexibility index (Phi) is 9.37. The molecule has 228 valence electrons. The summed E-state index contributed by atoms with van der Waals surface area (Å²) in [6.45, 7) is 4.27. The minimum absolute atomic E-state index is 0.110. The fourth-order valence-electron chi connectivity index (χ4n) is 5.61. The Morgan fingerprint density at radius 1 is 1.07 bits per heavy atom. The Morgan fingerprint density at radius 2 is 1.84 bits per heavy atom. The summed E-state index contributed by atoms with van der Waals surface area (Å²) < 4.78 is 29.4. The van der Waals surface area contributed by atoms with Crippen LogP contribution in [0.15, 0.2) is 87.6 Å². The van der Waals surface area contributed by atoms with Gasteiger partial charge in [-0.25, -0.2) is 13.9 Å². The number of anilines is 1. The molecule has 1 saturated carbocycles. The fraction of sp³-hybridized carbons (Fsp3) is 0.324. The lowest BCUT2D eigenvalue weighted by Crippen LogP contribution is -2.32. The lowest BCUT2D eigenvalue weighted by molar-refractivity contribution is -0.146. The fourth-order valence-corrected chi connectivity index (χ4v) is 6.80. The van der Waals surface area contributed by atoms with Crippen molar-refractivity contribution < 1.29 is 18.7 Å². The normalized spacial score (nSPS) is 16.8. The van der Waals surface area contributed by atoms with Gasteiger partial charge in [-0.05, 0) is 74.9 Å². The van der Waals surface area contributed by atoms with Gasteiger partial charge in [0.1, 0.15) is 30.3 Å². The minimum Gasteiger partial charge on any atom is -0.489 e. The Balaban J connectivity index is 1.37. The SMILES string of the molecule is CC1=C(C(=O)OC2CCCCC2)C(c2cc(Br)ccc2OCc2ccc(C)cc2)n2nc(SCc3ccccc3F)nc2N1. The molecule has 7 nitrogen and oxygen atoms in total. The summed E-state index contributed by atoms with van der Waals surface area (Å²) in [6.07, 6.45) is 4.88. The number of hydrogen-bond donors (Lipinski definition) is 1. The van der Waals surface area contributed by atoms with Crippen molar-refractivity contribution >= 4 is 39.6 Å². The maximum atomic E-state index is 14.3. The number of benzene rings is 3. The maximum absolute atomic E-state index is 14.3. The molecule has 0 spiro atoms. The van der Waals surface area contributed by atoms with E-state index in [4.69, 9.17) is 19.6 Å². The topological polar surface area (TPSA) is 78.3 Å². The number of thioether (sulfide) groups is 1. The molecule has 0 amide bonds. The Bertz CT molecular complexity index is 1680. The highest BCUT2D eigenvalue weighted by Crippen LogP contribution is 2.42. The van der Waals surface area contributed by atoms with Gasteiger partial charge >= 0.3 is 5.97 Å². The molecule has 2 aliphatic rings. The van der Waals surface area contributed by atoms with Crippen molar-refractivity contribution in [1.82, 2.24) is 14.8 Å². The molecule has 4 aromatic rings.